The Morgan fingerprint density at radius 3 is 2.75 bits per heavy atom. The Labute approximate surface area is 95.7 Å². The lowest BCUT2D eigenvalue weighted by Crippen LogP contribution is -2.36. The molecule has 16 heavy (non-hydrogen) atoms. The smallest absolute Gasteiger partial charge is 0.269 e. The van der Waals surface area contributed by atoms with Crippen LogP contribution in [0.4, 0.5) is 0 Å². The number of amides is 1. The topological polar surface area (TPSA) is 62.2 Å². The van der Waals surface area contributed by atoms with Crippen molar-refractivity contribution in [1.29, 1.82) is 0 Å². The van der Waals surface area contributed by atoms with Crippen molar-refractivity contribution in [2.45, 2.75) is 20.8 Å². The molecule has 0 fully saturated rings. The van der Waals surface area contributed by atoms with E-state index in [1.807, 2.05) is 26.8 Å². The van der Waals surface area contributed by atoms with Crippen LogP contribution in [0, 0.1) is 12.3 Å². The first-order valence-electron chi connectivity index (χ1n) is 5.27. The van der Waals surface area contributed by atoms with Gasteiger partial charge in [0.25, 0.3) is 5.91 Å². The molecule has 1 heterocycles. The molecule has 0 spiro atoms. The fourth-order valence-corrected chi connectivity index (χ4v) is 1.14. The van der Waals surface area contributed by atoms with Crippen molar-refractivity contribution < 1.29 is 9.90 Å². The molecule has 0 aromatic carbocycles. The van der Waals surface area contributed by atoms with Crippen LogP contribution in [0.3, 0.4) is 0 Å². The number of carbonyl (C=O) groups is 1. The number of hydrogen-bond donors (Lipinski definition) is 2. The lowest BCUT2D eigenvalue weighted by Gasteiger charge is -2.21. The summed E-state index contributed by atoms with van der Waals surface area (Å²) in [7, 11) is 0. The molecule has 4 heteroatoms. The van der Waals surface area contributed by atoms with Crippen molar-refractivity contribution >= 4 is 5.91 Å². The number of rotatable bonds is 4. The molecule has 0 unspecified atom stereocenters. The maximum atomic E-state index is 11.7. The van der Waals surface area contributed by atoms with Gasteiger partial charge in [0, 0.05) is 24.3 Å². The van der Waals surface area contributed by atoms with E-state index in [1.165, 1.54) is 0 Å². The number of aromatic nitrogens is 1. The molecule has 1 aromatic rings. The molecular weight excluding hydrogens is 204 g/mol. The number of carbonyl (C=O) groups excluding carboxylic acids is 1. The molecule has 4 nitrogen and oxygen atoms in total. The summed E-state index contributed by atoms with van der Waals surface area (Å²) in [5.41, 5.74) is 0.919. The highest BCUT2D eigenvalue weighted by atomic mass is 16.3. The minimum absolute atomic E-state index is 0.0362. The summed E-state index contributed by atoms with van der Waals surface area (Å²) in [6.07, 6.45) is 0. The molecule has 2 N–H and O–H groups in total. The van der Waals surface area contributed by atoms with E-state index in [-0.39, 0.29) is 17.9 Å². The molecule has 0 saturated carbocycles. The highest BCUT2D eigenvalue weighted by Gasteiger charge is 2.18. The van der Waals surface area contributed by atoms with Gasteiger partial charge in [-0.15, -0.1) is 0 Å². The standard InChI is InChI=1S/C12H18N2O2/c1-9-5-4-6-10(14-9)11(16)13-7-12(2,3)8-15/h4-6,15H,7-8H2,1-3H3,(H,13,16). The summed E-state index contributed by atoms with van der Waals surface area (Å²) < 4.78 is 0. The van der Waals surface area contributed by atoms with E-state index in [2.05, 4.69) is 10.3 Å². The maximum absolute atomic E-state index is 11.7. The molecule has 0 aliphatic carbocycles. The van der Waals surface area contributed by atoms with Crippen LogP contribution in [0.2, 0.25) is 0 Å². The summed E-state index contributed by atoms with van der Waals surface area (Å²) in [6.45, 7) is 6.08. The lowest BCUT2D eigenvalue weighted by molar-refractivity contribution is 0.0906. The fourth-order valence-electron chi connectivity index (χ4n) is 1.14. The molecule has 0 aliphatic heterocycles. The van der Waals surface area contributed by atoms with Gasteiger partial charge in [0.1, 0.15) is 5.69 Å². The third-order valence-corrected chi connectivity index (χ3v) is 2.28. The molecule has 0 radical (unpaired) electrons. The molecule has 88 valence electrons. The van der Waals surface area contributed by atoms with E-state index in [0.717, 1.165) is 5.69 Å². The van der Waals surface area contributed by atoms with Crippen LogP contribution in [0.5, 0.6) is 0 Å². The van der Waals surface area contributed by atoms with Gasteiger partial charge in [-0.05, 0) is 19.1 Å². The number of nitrogens with one attached hydrogen (secondary N) is 1. The number of pyridine rings is 1. The predicted molar refractivity (Wildman–Crippen MR) is 62.2 cm³/mol. The van der Waals surface area contributed by atoms with E-state index in [1.54, 1.807) is 12.1 Å². The van der Waals surface area contributed by atoms with Crippen LogP contribution >= 0.6 is 0 Å². The lowest BCUT2D eigenvalue weighted by atomic mass is 9.95. The molecule has 0 bridgehead atoms. The van der Waals surface area contributed by atoms with Crippen LogP contribution in [0.1, 0.15) is 30.0 Å². The normalized spacial score (nSPS) is 11.2. The number of aryl methyl sites for hydroxylation is 1. The van der Waals surface area contributed by atoms with Crippen molar-refractivity contribution in [2.24, 2.45) is 5.41 Å². The van der Waals surface area contributed by atoms with Crippen LogP contribution in [0.15, 0.2) is 18.2 Å². The third kappa shape index (κ3) is 3.62. The first kappa shape index (κ1) is 12.6. The Morgan fingerprint density at radius 1 is 1.50 bits per heavy atom. The number of aliphatic hydroxyl groups excluding tert-OH is 1. The van der Waals surface area contributed by atoms with Gasteiger partial charge >= 0.3 is 0 Å². The first-order chi connectivity index (χ1) is 7.44. The Balaban J connectivity index is 2.60. The number of nitrogens with zero attached hydrogens (tertiary/aromatic N) is 1. The quantitative estimate of drug-likeness (QED) is 0.803. The van der Waals surface area contributed by atoms with Crippen molar-refractivity contribution in [3.63, 3.8) is 0 Å². The molecule has 0 atom stereocenters. The Kier molecular flexibility index (Phi) is 4.01. The van der Waals surface area contributed by atoms with Crippen molar-refractivity contribution in [2.75, 3.05) is 13.2 Å². The average Bonchev–Trinajstić information content (AvgIpc) is 2.26. The molecule has 0 saturated heterocycles. The van der Waals surface area contributed by atoms with Gasteiger partial charge in [-0.1, -0.05) is 19.9 Å². The van der Waals surface area contributed by atoms with E-state index >= 15 is 0 Å². The largest absolute Gasteiger partial charge is 0.396 e. The third-order valence-electron chi connectivity index (χ3n) is 2.28. The van der Waals surface area contributed by atoms with Gasteiger partial charge in [-0.3, -0.25) is 4.79 Å². The van der Waals surface area contributed by atoms with E-state index in [9.17, 15) is 4.79 Å². The zero-order valence-corrected chi connectivity index (χ0v) is 9.95. The summed E-state index contributed by atoms with van der Waals surface area (Å²) in [4.78, 5) is 15.8. The molecule has 1 amide bonds. The average molecular weight is 222 g/mol. The van der Waals surface area contributed by atoms with Crippen LogP contribution in [-0.4, -0.2) is 29.1 Å². The Hall–Kier alpha value is -1.42. The van der Waals surface area contributed by atoms with Gasteiger partial charge in [0.05, 0.1) is 0 Å². The number of aliphatic hydroxyl groups is 1. The van der Waals surface area contributed by atoms with E-state index in [4.69, 9.17) is 5.11 Å². The predicted octanol–water partition coefficient (Wildman–Crippen LogP) is 1.14. The van der Waals surface area contributed by atoms with Crippen LogP contribution < -0.4 is 5.32 Å². The van der Waals surface area contributed by atoms with Gasteiger partial charge in [-0.2, -0.15) is 0 Å². The first-order valence-corrected chi connectivity index (χ1v) is 5.27. The minimum atomic E-state index is -0.306. The van der Waals surface area contributed by atoms with Crippen LogP contribution in [0.25, 0.3) is 0 Å². The van der Waals surface area contributed by atoms with Gasteiger partial charge in [-0.25, -0.2) is 4.98 Å². The molecule has 1 aromatic heterocycles. The van der Waals surface area contributed by atoms with E-state index in [0.29, 0.717) is 12.2 Å². The van der Waals surface area contributed by atoms with Crippen molar-refractivity contribution in [3.8, 4) is 0 Å². The second kappa shape index (κ2) is 5.07. The summed E-state index contributed by atoms with van der Waals surface area (Å²) in [5.74, 6) is -0.203. The van der Waals surface area contributed by atoms with E-state index < -0.39 is 0 Å². The fraction of sp³-hybridized carbons (Fsp3) is 0.500. The second-order valence-corrected chi connectivity index (χ2v) is 4.67. The Bertz CT molecular complexity index is 375. The highest BCUT2D eigenvalue weighted by Crippen LogP contribution is 2.11. The SMILES string of the molecule is Cc1cccc(C(=O)NCC(C)(C)CO)n1. The van der Waals surface area contributed by atoms with Gasteiger partial charge in [0.15, 0.2) is 0 Å². The zero-order valence-electron chi connectivity index (χ0n) is 9.95. The summed E-state index contributed by atoms with van der Waals surface area (Å²) >= 11 is 0. The molecular formula is C12H18N2O2. The van der Waals surface area contributed by atoms with Crippen molar-refractivity contribution in [1.82, 2.24) is 10.3 Å². The monoisotopic (exact) mass is 222 g/mol. The number of hydrogen-bond acceptors (Lipinski definition) is 3. The van der Waals surface area contributed by atoms with Crippen LogP contribution in [-0.2, 0) is 0 Å². The van der Waals surface area contributed by atoms with Gasteiger partial charge in [0.2, 0.25) is 0 Å². The minimum Gasteiger partial charge on any atom is -0.396 e. The maximum Gasteiger partial charge on any atom is 0.269 e. The summed E-state index contributed by atoms with van der Waals surface area (Å²) in [5, 5.41) is 11.8. The zero-order chi connectivity index (χ0) is 12.2. The summed E-state index contributed by atoms with van der Waals surface area (Å²) in [6, 6.07) is 5.32. The molecule has 1 rings (SSSR count). The highest BCUT2D eigenvalue weighted by molar-refractivity contribution is 5.92. The van der Waals surface area contributed by atoms with Crippen molar-refractivity contribution in [3.05, 3.63) is 29.6 Å². The Morgan fingerprint density at radius 2 is 2.19 bits per heavy atom. The second-order valence-electron chi connectivity index (χ2n) is 4.67. The van der Waals surface area contributed by atoms with Gasteiger partial charge < -0.3 is 10.4 Å². The molecule has 0 aliphatic rings.